The minimum atomic E-state index is -0.902. The van der Waals surface area contributed by atoms with Crippen LogP contribution in [0.3, 0.4) is 0 Å². The van der Waals surface area contributed by atoms with Crippen molar-refractivity contribution in [2.45, 2.75) is 45.1 Å². The van der Waals surface area contributed by atoms with E-state index in [1.165, 1.54) is 0 Å². The Morgan fingerprint density at radius 2 is 1.79 bits per heavy atom. The highest BCUT2D eigenvalue weighted by Crippen LogP contribution is 2.33. The average Bonchev–Trinajstić information content (AvgIpc) is 3.33. The Morgan fingerprint density at radius 3 is 2.46 bits per heavy atom. The average molecular weight is 527 g/mol. The van der Waals surface area contributed by atoms with Gasteiger partial charge in [-0.05, 0) is 91.6 Å². The number of anilines is 1. The van der Waals surface area contributed by atoms with Crippen molar-refractivity contribution in [2.75, 3.05) is 11.4 Å². The third-order valence-electron chi connectivity index (χ3n) is 7.96. The van der Waals surface area contributed by atoms with Crippen molar-refractivity contribution in [3.63, 3.8) is 0 Å². The summed E-state index contributed by atoms with van der Waals surface area (Å²) in [6.07, 6.45) is 7.03. The number of aryl methyl sites for hydroxylation is 1. The van der Waals surface area contributed by atoms with Crippen LogP contribution in [-0.4, -0.2) is 39.6 Å². The van der Waals surface area contributed by atoms with Gasteiger partial charge in [-0.25, -0.2) is 0 Å². The number of rotatable bonds is 8. The van der Waals surface area contributed by atoms with Crippen molar-refractivity contribution in [3.8, 4) is 11.1 Å². The zero-order valence-corrected chi connectivity index (χ0v) is 22.0. The van der Waals surface area contributed by atoms with E-state index in [0.717, 1.165) is 35.1 Å². The van der Waals surface area contributed by atoms with Crippen LogP contribution in [0.25, 0.3) is 22.0 Å². The summed E-state index contributed by atoms with van der Waals surface area (Å²) in [4.78, 5) is 44.8. The van der Waals surface area contributed by atoms with Crippen molar-refractivity contribution in [1.82, 2.24) is 15.2 Å². The number of nitrogens with two attached hydrogens (primary N) is 2. The molecule has 1 atom stereocenters. The highest BCUT2D eigenvalue weighted by molar-refractivity contribution is 6.03. The van der Waals surface area contributed by atoms with Gasteiger partial charge in [0.25, 0.3) is 5.56 Å². The maximum absolute atomic E-state index is 14.0. The first-order valence-electron chi connectivity index (χ1n) is 13.4. The number of hydrogen-bond acceptors (Lipinski definition) is 5. The first-order chi connectivity index (χ1) is 18.9. The Hall–Kier alpha value is -4.24. The number of pyridine rings is 1. The summed E-state index contributed by atoms with van der Waals surface area (Å²) in [6, 6.07) is 14.1. The van der Waals surface area contributed by atoms with Gasteiger partial charge in [0.05, 0.1) is 10.9 Å². The Bertz CT molecular complexity index is 1530. The minimum Gasteiger partial charge on any atom is -0.368 e. The summed E-state index contributed by atoms with van der Waals surface area (Å²) < 4.78 is 0. The highest BCUT2D eigenvalue weighted by Gasteiger charge is 2.36. The van der Waals surface area contributed by atoms with Crippen LogP contribution in [0.2, 0.25) is 0 Å². The van der Waals surface area contributed by atoms with Gasteiger partial charge in [0, 0.05) is 30.4 Å². The Labute approximate surface area is 226 Å². The molecule has 2 aromatic carbocycles. The molecule has 0 unspecified atom stereocenters. The predicted octanol–water partition coefficient (Wildman–Crippen LogP) is 3.42. The second-order valence-corrected chi connectivity index (χ2v) is 10.5. The molecule has 202 valence electrons. The van der Waals surface area contributed by atoms with Crippen molar-refractivity contribution >= 4 is 28.4 Å². The third-order valence-corrected chi connectivity index (χ3v) is 7.96. The molecule has 1 aliphatic carbocycles. The Morgan fingerprint density at radius 1 is 1.05 bits per heavy atom. The molecular weight excluding hydrogens is 492 g/mol. The first-order valence-corrected chi connectivity index (χ1v) is 13.4. The molecule has 1 fully saturated rings. The number of fused-ring (bicyclic) bond motifs is 1. The van der Waals surface area contributed by atoms with E-state index in [-0.39, 0.29) is 23.8 Å². The predicted molar refractivity (Wildman–Crippen MR) is 152 cm³/mol. The van der Waals surface area contributed by atoms with E-state index < -0.39 is 11.9 Å². The molecule has 6 N–H and O–H groups in total. The lowest BCUT2D eigenvalue weighted by Crippen LogP contribution is -2.52. The Balaban J connectivity index is 1.48. The zero-order chi connectivity index (χ0) is 27.5. The molecule has 1 saturated carbocycles. The lowest BCUT2D eigenvalue weighted by Gasteiger charge is -2.35. The van der Waals surface area contributed by atoms with Crippen LogP contribution in [0.4, 0.5) is 5.69 Å². The Kier molecular flexibility index (Phi) is 7.60. The second-order valence-electron chi connectivity index (χ2n) is 10.5. The van der Waals surface area contributed by atoms with Gasteiger partial charge in [0.1, 0.15) is 6.04 Å². The number of nitrogens with one attached hydrogen (secondary N) is 2. The fraction of sp³-hybridized carbons (Fsp3) is 0.333. The summed E-state index contributed by atoms with van der Waals surface area (Å²) in [7, 11) is 0. The number of benzene rings is 2. The number of amides is 2. The van der Waals surface area contributed by atoms with E-state index in [0.29, 0.717) is 41.9 Å². The molecular formula is C30H34N6O3. The van der Waals surface area contributed by atoms with Gasteiger partial charge in [-0.1, -0.05) is 24.3 Å². The summed E-state index contributed by atoms with van der Waals surface area (Å²) in [5.41, 5.74) is 16.8. The van der Waals surface area contributed by atoms with Crippen molar-refractivity contribution < 1.29 is 9.59 Å². The number of primary amides is 1. The SMILES string of the molecule is Cc1cnccc1-c1ccc(C[C@@H](C(N)=O)N(C(=O)C2CCC(CN)CC2)c2ccc3c(=O)[nH][nH]c3c2)cc1. The van der Waals surface area contributed by atoms with Gasteiger partial charge < -0.3 is 11.5 Å². The maximum atomic E-state index is 14.0. The standard InChI is InChI=1S/C30H34N6O3/c1-18-17-33-13-12-24(18)21-6-2-19(3-7-21)14-27(28(32)37)36(30(39)22-8-4-20(16-31)5-9-22)23-10-11-25-26(15-23)34-35-29(25)38/h2-3,6-7,10-13,15,17,20,22,27H,4-5,8-9,14,16,31H2,1H3,(H2,32,37)(H2,34,35,38)/t20?,22?,27-/m0/s1. The molecule has 0 aliphatic heterocycles. The molecule has 0 spiro atoms. The molecule has 5 rings (SSSR count). The summed E-state index contributed by atoms with van der Waals surface area (Å²) >= 11 is 0. The molecule has 9 nitrogen and oxygen atoms in total. The molecule has 39 heavy (non-hydrogen) atoms. The smallest absolute Gasteiger partial charge is 0.271 e. The highest BCUT2D eigenvalue weighted by atomic mass is 16.2. The largest absolute Gasteiger partial charge is 0.368 e. The van der Waals surface area contributed by atoms with Crippen LogP contribution in [0.5, 0.6) is 0 Å². The van der Waals surface area contributed by atoms with E-state index >= 15 is 0 Å². The van der Waals surface area contributed by atoms with Crippen LogP contribution in [-0.2, 0) is 16.0 Å². The molecule has 0 saturated heterocycles. The number of hydrogen-bond donors (Lipinski definition) is 4. The minimum absolute atomic E-state index is 0.129. The van der Waals surface area contributed by atoms with Crippen LogP contribution in [0.1, 0.15) is 36.8 Å². The number of H-pyrrole nitrogens is 2. The monoisotopic (exact) mass is 526 g/mol. The number of aromatic nitrogens is 3. The zero-order valence-electron chi connectivity index (χ0n) is 22.0. The van der Waals surface area contributed by atoms with Crippen molar-refractivity contribution in [3.05, 3.63) is 82.4 Å². The van der Waals surface area contributed by atoms with Crippen LogP contribution in [0.15, 0.2) is 65.7 Å². The molecule has 0 radical (unpaired) electrons. The lowest BCUT2D eigenvalue weighted by molar-refractivity contribution is -0.127. The fourth-order valence-electron chi connectivity index (χ4n) is 5.64. The number of nitrogens with zero attached hydrogens (tertiary/aromatic N) is 2. The quantitative estimate of drug-likeness (QED) is 0.277. The van der Waals surface area contributed by atoms with E-state index in [4.69, 9.17) is 11.5 Å². The topological polar surface area (TPSA) is 151 Å². The number of carbonyl (C=O) groups excluding carboxylic acids is 2. The fourth-order valence-corrected chi connectivity index (χ4v) is 5.64. The molecule has 2 heterocycles. The number of aromatic amines is 2. The molecule has 0 bridgehead atoms. The summed E-state index contributed by atoms with van der Waals surface area (Å²) in [5, 5.41) is 5.90. The first kappa shape index (κ1) is 26.4. The molecule has 9 heteroatoms. The van der Waals surface area contributed by atoms with Crippen LogP contribution in [0, 0.1) is 18.8 Å². The van der Waals surface area contributed by atoms with Gasteiger partial charge >= 0.3 is 0 Å². The summed E-state index contributed by atoms with van der Waals surface area (Å²) in [6.45, 7) is 2.62. The van der Waals surface area contributed by atoms with E-state index in [1.807, 2.05) is 43.5 Å². The van der Waals surface area contributed by atoms with Gasteiger partial charge in [-0.2, -0.15) is 0 Å². The second kappa shape index (κ2) is 11.2. The normalized spacial score (nSPS) is 18.1. The molecule has 2 aromatic heterocycles. The van der Waals surface area contributed by atoms with Gasteiger partial charge in [0.2, 0.25) is 11.8 Å². The summed E-state index contributed by atoms with van der Waals surface area (Å²) in [5.74, 6) is -0.530. The molecule has 4 aromatic rings. The van der Waals surface area contributed by atoms with E-state index in [2.05, 4.69) is 15.2 Å². The molecule has 1 aliphatic rings. The number of carbonyl (C=O) groups is 2. The van der Waals surface area contributed by atoms with Crippen molar-refractivity contribution in [2.24, 2.45) is 23.3 Å². The lowest BCUT2D eigenvalue weighted by atomic mass is 9.81. The third kappa shape index (κ3) is 5.49. The van der Waals surface area contributed by atoms with Crippen LogP contribution >= 0.6 is 0 Å². The van der Waals surface area contributed by atoms with Gasteiger partial charge in [-0.15, -0.1) is 0 Å². The van der Waals surface area contributed by atoms with Gasteiger partial charge in [-0.3, -0.25) is 34.5 Å². The maximum Gasteiger partial charge on any atom is 0.271 e. The van der Waals surface area contributed by atoms with Crippen LogP contribution < -0.4 is 21.9 Å². The molecule has 2 amide bonds. The van der Waals surface area contributed by atoms with Crippen molar-refractivity contribution in [1.29, 1.82) is 0 Å². The van der Waals surface area contributed by atoms with E-state index in [1.54, 1.807) is 29.3 Å². The van der Waals surface area contributed by atoms with Gasteiger partial charge in [0.15, 0.2) is 0 Å². The van der Waals surface area contributed by atoms with E-state index in [9.17, 15) is 14.4 Å².